The Balaban J connectivity index is 1.99. The SMILES string of the molecule is C#[N+][C@@H](c1ccccc1-c1ccc(Cl)cc1)C1CCNCC1. The van der Waals surface area contributed by atoms with Gasteiger partial charge < -0.3 is 5.32 Å². The molecule has 3 heteroatoms. The lowest BCUT2D eigenvalue weighted by molar-refractivity contribution is 0.346. The van der Waals surface area contributed by atoms with E-state index >= 15 is 0 Å². The van der Waals surface area contributed by atoms with E-state index in [9.17, 15) is 0 Å². The van der Waals surface area contributed by atoms with E-state index in [-0.39, 0.29) is 6.04 Å². The van der Waals surface area contributed by atoms with Crippen LogP contribution in [0.1, 0.15) is 24.4 Å². The maximum atomic E-state index is 6.01. The Hall–Kier alpha value is -1.82. The van der Waals surface area contributed by atoms with E-state index in [2.05, 4.69) is 46.6 Å². The Labute approximate surface area is 136 Å². The van der Waals surface area contributed by atoms with Crippen molar-refractivity contribution in [1.82, 2.24) is 5.32 Å². The zero-order valence-electron chi connectivity index (χ0n) is 12.5. The summed E-state index contributed by atoms with van der Waals surface area (Å²) < 4.78 is 0. The molecule has 1 N–H and O–H groups in total. The topological polar surface area (TPSA) is 16.4 Å². The van der Waals surface area contributed by atoms with Crippen LogP contribution in [0.3, 0.4) is 0 Å². The van der Waals surface area contributed by atoms with Crippen molar-refractivity contribution in [3.63, 3.8) is 0 Å². The average molecular weight is 312 g/mol. The molecule has 0 radical (unpaired) electrons. The molecule has 0 unspecified atom stereocenters. The van der Waals surface area contributed by atoms with Gasteiger partial charge >= 0.3 is 6.04 Å². The van der Waals surface area contributed by atoms with Crippen LogP contribution in [0.25, 0.3) is 16.0 Å². The van der Waals surface area contributed by atoms with Crippen LogP contribution in [0, 0.1) is 12.5 Å². The molecule has 2 aromatic rings. The third-order valence-corrected chi connectivity index (χ3v) is 4.68. The Morgan fingerprint density at radius 2 is 1.73 bits per heavy atom. The Morgan fingerprint density at radius 3 is 2.41 bits per heavy atom. The molecule has 0 aromatic heterocycles. The van der Waals surface area contributed by atoms with E-state index in [1.807, 2.05) is 12.1 Å². The summed E-state index contributed by atoms with van der Waals surface area (Å²) in [4.78, 5) is 4.23. The molecule has 2 nitrogen and oxygen atoms in total. The number of piperidine rings is 1. The Morgan fingerprint density at radius 1 is 1.05 bits per heavy atom. The lowest BCUT2D eigenvalue weighted by atomic mass is 9.83. The van der Waals surface area contributed by atoms with Gasteiger partial charge in [-0.15, -0.1) is 0 Å². The highest BCUT2D eigenvalue weighted by Gasteiger charge is 2.33. The van der Waals surface area contributed by atoms with Crippen LogP contribution in [-0.4, -0.2) is 13.1 Å². The molecular weight excluding hydrogens is 292 g/mol. The zero-order valence-corrected chi connectivity index (χ0v) is 13.3. The van der Waals surface area contributed by atoms with Crippen LogP contribution in [0.2, 0.25) is 5.02 Å². The summed E-state index contributed by atoms with van der Waals surface area (Å²) in [7, 11) is 0. The molecule has 0 saturated carbocycles. The molecule has 22 heavy (non-hydrogen) atoms. The number of halogens is 1. The number of rotatable bonds is 3. The van der Waals surface area contributed by atoms with Crippen LogP contribution in [0.5, 0.6) is 0 Å². The van der Waals surface area contributed by atoms with Gasteiger partial charge in [-0.25, -0.2) is 0 Å². The zero-order chi connectivity index (χ0) is 15.4. The second-order valence-electron chi connectivity index (χ2n) is 5.78. The van der Waals surface area contributed by atoms with Crippen LogP contribution in [-0.2, 0) is 0 Å². The number of hydrogen-bond acceptors (Lipinski definition) is 1. The average Bonchev–Trinajstić information content (AvgIpc) is 2.58. The van der Waals surface area contributed by atoms with Crippen molar-refractivity contribution < 1.29 is 0 Å². The summed E-state index contributed by atoms with van der Waals surface area (Å²) in [6, 6.07) is 16.4. The van der Waals surface area contributed by atoms with E-state index in [1.165, 1.54) is 11.1 Å². The van der Waals surface area contributed by atoms with Crippen molar-refractivity contribution in [2.75, 3.05) is 13.1 Å². The molecule has 1 aliphatic rings. The first-order valence-electron chi connectivity index (χ1n) is 7.75. The number of hydrogen-bond donors (Lipinski definition) is 1. The smallest absolute Gasteiger partial charge is 0.300 e. The predicted molar refractivity (Wildman–Crippen MR) is 93.5 cm³/mol. The van der Waals surface area contributed by atoms with Gasteiger partial charge in [0.05, 0.1) is 0 Å². The summed E-state index contributed by atoms with van der Waals surface area (Å²) in [5, 5.41) is 4.15. The quantitative estimate of drug-likeness (QED) is 0.842. The van der Waals surface area contributed by atoms with Crippen LogP contribution in [0.15, 0.2) is 48.5 Å². The van der Waals surface area contributed by atoms with Gasteiger partial charge in [0.15, 0.2) is 0 Å². The highest BCUT2D eigenvalue weighted by atomic mass is 35.5. The molecule has 1 heterocycles. The molecule has 1 fully saturated rings. The van der Waals surface area contributed by atoms with Crippen molar-refractivity contribution in [2.45, 2.75) is 18.9 Å². The van der Waals surface area contributed by atoms with Crippen molar-refractivity contribution >= 4 is 11.6 Å². The van der Waals surface area contributed by atoms with E-state index < -0.39 is 0 Å². The van der Waals surface area contributed by atoms with Crippen LogP contribution in [0.4, 0.5) is 0 Å². The maximum Gasteiger partial charge on any atom is 0.300 e. The summed E-state index contributed by atoms with van der Waals surface area (Å²) >= 11 is 6.01. The molecule has 1 aliphatic heterocycles. The van der Waals surface area contributed by atoms with E-state index in [1.54, 1.807) is 0 Å². The fraction of sp³-hybridized carbons (Fsp3) is 0.316. The standard InChI is InChI=1S/C19H20ClN2/c1-21-19(15-10-12-22-13-11-15)18-5-3-2-4-17(18)14-6-8-16(20)9-7-14/h1-9,15,19,22H,10-13H2/q+1/t19-/m1/s1. The number of benzene rings is 2. The van der Waals surface area contributed by atoms with Gasteiger partial charge in [0.1, 0.15) is 0 Å². The van der Waals surface area contributed by atoms with Gasteiger partial charge in [-0.3, -0.25) is 0 Å². The molecule has 1 atom stereocenters. The van der Waals surface area contributed by atoms with E-state index in [0.29, 0.717) is 5.92 Å². The Kier molecular flexibility index (Phi) is 4.77. The molecular formula is C19H20ClN2+. The maximum absolute atomic E-state index is 6.01. The molecule has 1 saturated heterocycles. The van der Waals surface area contributed by atoms with Crippen LogP contribution >= 0.6 is 11.6 Å². The summed E-state index contributed by atoms with van der Waals surface area (Å²) in [6.07, 6.45) is 2.22. The molecule has 112 valence electrons. The second kappa shape index (κ2) is 6.96. The van der Waals surface area contributed by atoms with Crippen molar-refractivity contribution in [3.8, 4) is 17.7 Å². The summed E-state index contributed by atoms with van der Waals surface area (Å²) in [5.74, 6) is 0.500. The molecule has 0 amide bonds. The first kappa shape index (κ1) is 15.1. The van der Waals surface area contributed by atoms with Crippen molar-refractivity contribution in [1.29, 1.82) is 0 Å². The molecule has 2 aromatic carbocycles. The van der Waals surface area contributed by atoms with E-state index in [0.717, 1.165) is 36.5 Å². The largest absolute Gasteiger partial charge is 0.317 e. The van der Waals surface area contributed by atoms with Gasteiger partial charge in [0.2, 0.25) is 0 Å². The lowest BCUT2D eigenvalue weighted by Crippen LogP contribution is -2.30. The predicted octanol–water partition coefficient (Wildman–Crippen LogP) is 5.01. The Bertz CT molecular complexity index is 667. The number of nitrogens with one attached hydrogen (secondary N) is 1. The fourth-order valence-corrected chi connectivity index (χ4v) is 3.39. The first-order chi connectivity index (χ1) is 10.8. The highest BCUT2D eigenvalue weighted by Crippen LogP contribution is 2.38. The van der Waals surface area contributed by atoms with Gasteiger partial charge in [0, 0.05) is 16.5 Å². The lowest BCUT2D eigenvalue weighted by Gasteiger charge is -2.23. The van der Waals surface area contributed by atoms with Gasteiger partial charge in [0.25, 0.3) is 6.57 Å². The molecule has 0 aliphatic carbocycles. The molecule has 0 spiro atoms. The highest BCUT2D eigenvalue weighted by molar-refractivity contribution is 6.30. The minimum Gasteiger partial charge on any atom is -0.317 e. The number of nitrogens with zero attached hydrogens (tertiary/aromatic N) is 1. The van der Waals surface area contributed by atoms with Gasteiger partial charge in [-0.2, -0.15) is 0 Å². The monoisotopic (exact) mass is 311 g/mol. The fourth-order valence-electron chi connectivity index (χ4n) is 3.26. The minimum absolute atomic E-state index is 0.0500. The second-order valence-corrected chi connectivity index (χ2v) is 6.21. The minimum atomic E-state index is 0.0500. The van der Waals surface area contributed by atoms with Crippen molar-refractivity contribution in [3.05, 3.63) is 64.0 Å². The van der Waals surface area contributed by atoms with Gasteiger partial charge in [-0.1, -0.05) is 52.8 Å². The normalized spacial score (nSPS) is 16.9. The molecule has 0 bridgehead atoms. The van der Waals surface area contributed by atoms with E-state index in [4.69, 9.17) is 18.2 Å². The third-order valence-electron chi connectivity index (χ3n) is 4.43. The summed E-state index contributed by atoms with van der Waals surface area (Å²) in [5.41, 5.74) is 3.55. The first-order valence-corrected chi connectivity index (χ1v) is 8.13. The summed E-state index contributed by atoms with van der Waals surface area (Å²) in [6.45, 7) is 7.87. The third kappa shape index (κ3) is 3.16. The van der Waals surface area contributed by atoms with Gasteiger partial charge in [-0.05, 0) is 49.2 Å². The van der Waals surface area contributed by atoms with Crippen LogP contribution < -0.4 is 5.32 Å². The van der Waals surface area contributed by atoms with Crippen molar-refractivity contribution in [2.24, 2.45) is 5.92 Å². The molecule has 3 rings (SSSR count).